The third-order valence-corrected chi connectivity index (χ3v) is 5.00. The highest BCUT2D eigenvalue weighted by Crippen LogP contribution is 2.36. The van der Waals surface area contributed by atoms with Crippen molar-refractivity contribution < 1.29 is 13.5 Å². The Balaban J connectivity index is 1.99. The van der Waals surface area contributed by atoms with E-state index < -0.39 is 11.6 Å². The maximum atomic E-state index is 13.9. The van der Waals surface area contributed by atoms with E-state index in [1.54, 1.807) is 0 Å². The molecule has 1 fully saturated rings. The van der Waals surface area contributed by atoms with Crippen LogP contribution in [-0.2, 0) is 4.74 Å². The minimum Gasteiger partial charge on any atom is -0.373 e. The Morgan fingerprint density at radius 2 is 1.50 bits per heavy atom. The quantitative estimate of drug-likeness (QED) is 0.652. The first kappa shape index (κ1) is 17.1. The minimum atomic E-state index is -0.502. The summed E-state index contributed by atoms with van der Waals surface area (Å²) >= 11 is 0. The van der Waals surface area contributed by atoms with E-state index in [0.29, 0.717) is 11.5 Å². The number of rotatable bonds is 2. The predicted octanol–water partition coefficient (Wildman–Crippen LogP) is 6.04. The molecule has 2 atom stereocenters. The van der Waals surface area contributed by atoms with Gasteiger partial charge < -0.3 is 4.74 Å². The topological polar surface area (TPSA) is 9.23 Å². The first-order chi connectivity index (χ1) is 11.4. The molecule has 0 aliphatic carbocycles. The Bertz CT molecular complexity index is 712. The first-order valence-electron chi connectivity index (χ1n) is 8.55. The third-order valence-electron chi connectivity index (χ3n) is 5.00. The molecular formula is C21H24F2O. The smallest absolute Gasteiger partial charge is 0.129 e. The minimum absolute atomic E-state index is 0.0652. The summed E-state index contributed by atoms with van der Waals surface area (Å²) in [5.74, 6) is -0.392. The van der Waals surface area contributed by atoms with Crippen LogP contribution >= 0.6 is 0 Å². The van der Waals surface area contributed by atoms with E-state index in [1.165, 1.54) is 25.5 Å². The lowest BCUT2D eigenvalue weighted by Crippen LogP contribution is -2.18. The van der Waals surface area contributed by atoms with Crippen molar-refractivity contribution in [3.05, 3.63) is 58.2 Å². The maximum absolute atomic E-state index is 13.9. The summed E-state index contributed by atoms with van der Waals surface area (Å²) in [6, 6.07) is 7.04. The molecule has 0 spiro atoms. The Morgan fingerprint density at radius 3 is 2.00 bits per heavy atom. The molecule has 1 nitrogen and oxygen atoms in total. The molecule has 24 heavy (non-hydrogen) atoms. The van der Waals surface area contributed by atoms with Crippen LogP contribution < -0.4 is 0 Å². The molecule has 0 saturated carbocycles. The van der Waals surface area contributed by atoms with Crippen LogP contribution in [0.1, 0.15) is 48.1 Å². The van der Waals surface area contributed by atoms with Gasteiger partial charge in [-0.1, -0.05) is 19.1 Å². The fourth-order valence-electron chi connectivity index (χ4n) is 3.57. The first-order valence-corrected chi connectivity index (χ1v) is 8.55. The summed E-state index contributed by atoms with van der Waals surface area (Å²) in [7, 11) is 0. The summed E-state index contributed by atoms with van der Waals surface area (Å²) in [5.41, 5.74) is 4.77. The Labute approximate surface area is 142 Å². The molecule has 0 aromatic heterocycles. The van der Waals surface area contributed by atoms with E-state index in [0.717, 1.165) is 35.3 Å². The third kappa shape index (κ3) is 3.23. The second-order valence-corrected chi connectivity index (χ2v) is 7.10. The molecule has 1 saturated heterocycles. The average molecular weight is 330 g/mol. The van der Waals surface area contributed by atoms with Crippen LogP contribution in [0.2, 0.25) is 0 Å². The van der Waals surface area contributed by atoms with Crippen molar-refractivity contribution in [3.8, 4) is 11.1 Å². The molecule has 3 heteroatoms. The fraction of sp³-hybridized carbons (Fsp3) is 0.429. The molecule has 1 heterocycles. The maximum Gasteiger partial charge on any atom is 0.129 e. The van der Waals surface area contributed by atoms with Crippen LogP contribution in [0, 0.1) is 38.3 Å². The highest BCUT2D eigenvalue weighted by Gasteiger charge is 2.22. The molecule has 0 bridgehead atoms. The second kappa shape index (κ2) is 6.64. The van der Waals surface area contributed by atoms with E-state index >= 15 is 0 Å². The van der Waals surface area contributed by atoms with Crippen molar-refractivity contribution in [2.45, 2.75) is 46.6 Å². The molecule has 0 amide bonds. The number of ether oxygens (including phenoxy) is 1. The predicted molar refractivity (Wildman–Crippen MR) is 93.1 cm³/mol. The zero-order chi connectivity index (χ0) is 17.4. The molecule has 2 unspecified atom stereocenters. The van der Waals surface area contributed by atoms with Crippen LogP contribution in [0.4, 0.5) is 8.78 Å². The van der Waals surface area contributed by atoms with E-state index in [1.807, 2.05) is 13.8 Å². The van der Waals surface area contributed by atoms with Gasteiger partial charge in [0.05, 0.1) is 6.10 Å². The molecule has 2 aromatic carbocycles. The second-order valence-electron chi connectivity index (χ2n) is 7.10. The van der Waals surface area contributed by atoms with Gasteiger partial charge in [0.25, 0.3) is 0 Å². The van der Waals surface area contributed by atoms with E-state index in [9.17, 15) is 8.78 Å². The van der Waals surface area contributed by atoms with Crippen molar-refractivity contribution in [2.75, 3.05) is 6.61 Å². The Kier molecular flexibility index (Phi) is 4.73. The monoisotopic (exact) mass is 330 g/mol. The zero-order valence-corrected chi connectivity index (χ0v) is 14.7. The van der Waals surface area contributed by atoms with Crippen molar-refractivity contribution >= 4 is 0 Å². The summed E-state index contributed by atoms with van der Waals surface area (Å²) in [5, 5.41) is 0. The molecule has 128 valence electrons. The standard InChI is InChI=1S/C21H24F2O/c1-12-5-6-20(24-11-12)16-7-13(2)21(14(3)8-16)17-9-18(22)15(4)19(23)10-17/h7-10,12,20H,5-6,11H2,1-4H3. The number of halogens is 2. The van der Waals surface area contributed by atoms with Crippen LogP contribution in [0.3, 0.4) is 0 Å². The zero-order valence-electron chi connectivity index (χ0n) is 14.7. The highest BCUT2D eigenvalue weighted by atomic mass is 19.1. The normalized spacial score (nSPS) is 21.1. The van der Waals surface area contributed by atoms with Crippen LogP contribution in [0.15, 0.2) is 24.3 Å². The van der Waals surface area contributed by atoms with Gasteiger partial charge in [0.2, 0.25) is 0 Å². The van der Waals surface area contributed by atoms with Crippen molar-refractivity contribution in [3.63, 3.8) is 0 Å². The Morgan fingerprint density at radius 1 is 0.917 bits per heavy atom. The van der Waals surface area contributed by atoms with Gasteiger partial charge in [-0.05, 0) is 79.5 Å². The SMILES string of the molecule is Cc1cc(C2CCC(C)CO2)cc(C)c1-c1cc(F)c(C)c(F)c1. The molecule has 2 aromatic rings. The average Bonchev–Trinajstić information content (AvgIpc) is 2.52. The number of aryl methyl sites for hydroxylation is 2. The van der Waals surface area contributed by atoms with Crippen molar-refractivity contribution in [1.29, 1.82) is 0 Å². The number of hydrogen-bond acceptors (Lipinski definition) is 1. The van der Waals surface area contributed by atoms with E-state index in [-0.39, 0.29) is 11.7 Å². The van der Waals surface area contributed by atoms with Gasteiger partial charge >= 0.3 is 0 Å². The van der Waals surface area contributed by atoms with Crippen LogP contribution in [0.25, 0.3) is 11.1 Å². The van der Waals surface area contributed by atoms with Gasteiger partial charge in [0, 0.05) is 12.2 Å². The van der Waals surface area contributed by atoms with Gasteiger partial charge in [0.1, 0.15) is 11.6 Å². The lowest BCUT2D eigenvalue weighted by atomic mass is 9.89. The van der Waals surface area contributed by atoms with Gasteiger partial charge in [-0.25, -0.2) is 8.78 Å². The number of hydrogen-bond donors (Lipinski definition) is 0. The molecular weight excluding hydrogens is 306 g/mol. The summed E-state index contributed by atoms with van der Waals surface area (Å²) in [6.45, 7) is 8.44. The lowest BCUT2D eigenvalue weighted by molar-refractivity contribution is -0.0124. The van der Waals surface area contributed by atoms with E-state index in [4.69, 9.17) is 4.74 Å². The van der Waals surface area contributed by atoms with E-state index in [2.05, 4.69) is 19.1 Å². The van der Waals surface area contributed by atoms with Gasteiger partial charge in [-0.3, -0.25) is 0 Å². The van der Waals surface area contributed by atoms with Crippen LogP contribution in [-0.4, -0.2) is 6.61 Å². The van der Waals surface area contributed by atoms with Crippen LogP contribution in [0.5, 0.6) is 0 Å². The molecule has 0 N–H and O–H groups in total. The fourth-order valence-corrected chi connectivity index (χ4v) is 3.57. The molecule has 0 radical (unpaired) electrons. The summed E-state index contributed by atoms with van der Waals surface area (Å²) < 4.78 is 33.8. The molecule has 3 rings (SSSR count). The molecule has 1 aliphatic rings. The molecule has 1 aliphatic heterocycles. The largest absolute Gasteiger partial charge is 0.373 e. The van der Waals surface area contributed by atoms with Gasteiger partial charge in [0.15, 0.2) is 0 Å². The number of benzene rings is 2. The highest BCUT2D eigenvalue weighted by molar-refractivity contribution is 5.72. The van der Waals surface area contributed by atoms with Crippen molar-refractivity contribution in [1.82, 2.24) is 0 Å². The summed E-state index contributed by atoms with van der Waals surface area (Å²) in [6.07, 6.45) is 2.31. The summed E-state index contributed by atoms with van der Waals surface area (Å²) in [4.78, 5) is 0. The lowest BCUT2D eigenvalue weighted by Gasteiger charge is -2.28. The van der Waals surface area contributed by atoms with Gasteiger partial charge in [-0.2, -0.15) is 0 Å². The van der Waals surface area contributed by atoms with Crippen molar-refractivity contribution in [2.24, 2.45) is 5.92 Å². The Hall–Kier alpha value is -1.74. The van der Waals surface area contributed by atoms with Gasteiger partial charge in [-0.15, -0.1) is 0 Å².